The molecule has 1 aliphatic rings. The van der Waals surface area contributed by atoms with Crippen LogP contribution in [0.1, 0.15) is 25.0 Å². The van der Waals surface area contributed by atoms with E-state index in [2.05, 4.69) is 4.99 Å². The first-order chi connectivity index (χ1) is 13.5. The molecule has 0 aliphatic carbocycles. The number of nitrogens with zero attached hydrogens (tertiary/aromatic N) is 2. The Balaban J connectivity index is 1.83. The summed E-state index contributed by atoms with van der Waals surface area (Å²) in [5, 5.41) is 1.89. The topological polar surface area (TPSA) is 41.9 Å². The normalized spacial score (nSPS) is 17.0. The Morgan fingerprint density at radius 3 is 2.68 bits per heavy atom. The summed E-state index contributed by atoms with van der Waals surface area (Å²) in [7, 11) is 0. The summed E-state index contributed by atoms with van der Waals surface area (Å²) >= 11 is 13.6. The predicted molar refractivity (Wildman–Crippen MR) is 118 cm³/mol. The summed E-state index contributed by atoms with van der Waals surface area (Å²) in [6.45, 7) is 5.44. The van der Waals surface area contributed by atoms with Gasteiger partial charge in [0.1, 0.15) is 12.4 Å². The van der Waals surface area contributed by atoms with Gasteiger partial charge in [-0.1, -0.05) is 47.5 Å². The van der Waals surface area contributed by atoms with Crippen LogP contribution in [-0.4, -0.2) is 29.1 Å². The molecule has 3 rings (SSSR count). The van der Waals surface area contributed by atoms with Gasteiger partial charge in [-0.05, 0) is 49.9 Å². The van der Waals surface area contributed by atoms with E-state index >= 15 is 0 Å². The average molecular weight is 435 g/mol. The summed E-state index contributed by atoms with van der Waals surface area (Å²) in [5.41, 5.74) is 1.67. The Morgan fingerprint density at radius 1 is 1.18 bits per heavy atom. The van der Waals surface area contributed by atoms with Gasteiger partial charge in [-0.25, -0.2) is 0 Å². The number of amidine groups is 1. The first-order valence-electron chi connectivity index (χ1n) is 8.95. The Bertz CT molecular complexity index is 944. The maximum absolute atomic E-state index is 12.7. The molecule has 4 nitrogen and oxygen atoms in total. The highest BCUT2D eigenvalue weighted by Crippen LogP contribution is 2.34. The number of para-hydroxylation sites is 1. The molecule has 0 atom stereocenters. The smallest absolute Gasteiger partial charge is 0.266 e. The van der Waals surface area contributed by atoms with Crippen LogP contribution in [0.5, 0.6) is 5.75 Å². The third kappa shape index (κ3) is 4.72. The van der Waals surface area contributed by atoms with Crippen molar-refractivity contribution < 1.29 is 9.53 Å². The number of benzene rings is 2. The molecule has 0 spiro atoms. The molecule has 1 amide bonds. The molecule has 2 aromatic carbocycles. The molecule has 28 heavy (non-hydrogen) atoms. The number of thioether (sulfide) groups is 1. The van der Waals surface area contributed by atoms with E-state index in [0.29, 0.717) is 40.4 Å². The molecule has 0 N–H and O–H groups in total. The van der Waals surface area contributed by atoms with Crippen molar-refractivity contribution in [1.29, 1.82) is 0 Å². The highest BCUT2D eigenvalue weighted by atomic mass is 35.5. The van der Waals surface area contributed by atoms with E-state index in [9.17, 15) is 4.79 Å². The van der Waals surface area contributed by atoms with Gasteiger partial charge in [0.05, 0.1) is 4.91 Å². The van der Waals surface area contributed by atoms with Gasteiger partial charge in [-0.2, -0.15) is 0 Å². The maximum Gasteiger partial charge on any atom is 0.266 e. The molecular weight excluding hydrogens is 415 g/mol. The van der Waals surface area contributed by atoms with Gasteiger partial charge in [0.15, 0.2) is 5.17 Å². The highest BCUT2D eigenvalue weighted by Gasteiger charge is 2.32. The lowest BCUT2D eigenvalue weighted by Crippen LogP contribution is -2.28. The number of carbonyl (C=O) groups is 1. The number of hydrogen-bond acceptors (Lipinski definition) is 4. The van der Waals surface area contributed by atoms with E-state index < -0.39 is 0 Å². The first kappa shape index (κ1) is 20.8. The monoisotopic (exact) mass is 434 g/mol. The lowest BCUT2D eigenvalue weighted by molar-refractivity contribution is -0.122. The fourth-order valence-electron chi connectivity index (χ4n) is 2.71. The number of ether oxygens (including phenoxy) is 1. The third-order valence-electron chi connectivity index (χ3n) is 4.10. The van der Waals surface area contributed by atoms with Crippen LogP contribution < -0.4 is 4.74 Å². The zero-order chi connectivity index (χ0) is 20.1. The Hall–Kier alpha value is -1.95. The van der Waals surface area contributed by atoms with E-state index in [4.69, 9.17) is 27.9 Å². The molecule has 0 unspecified atom stereocenters. The van der Waals surface area contributed by atoms with Gasteiger partial charge < -0.3 is 4.74 Å². The van der Waals surface area contributed by atoms with E-state index in [0.717, 1.165) is 16.3 Å². The van der Waals surface area contributed by atoms with Crippen molar-refractivity contribution in [2.75, 3.05) is 13.1 Å². The van der Waals surface area contributed by atoms with Gasteiger partial charge in [0, 0.05) is 34.3 Å². The molecule has 1 heterocycles. The number of carbonyl (C=O) groups excluding carboxylic acids is 1. The molecule has 0 aromatic heterocycles. The number of aliphatic imine (C=N–C) groups is 1. The highest BCUT2D eigenvalue weighted by molar-refractivity contribution is 8.18. The Morgan fingerprint density at radius 2 is 1.96 bits per heavy atom. The van der Waals surface area contributed by atoms with Crippen LogP contribution in [0.4, 0.5) is 0 Å². The van der Waals surface area contributed by atoms with Gasteiger partial charge in [0.25, 0.3) is 5.91 Å². The molecular formula is C21H20Cl2N2O2S. The summed E-state index contributed by atoms with van der Waals surface area (Å²) in [4.78, 5) is 19.4. The van der Waals surface area contributed by atoms with Crippen molar-refractivity contribution in [3.05, 3.63) is 68.5 Å². The molecule has 1 saturated heterocycles. The van der Waals surface area contributed by atoms with E-state index in [1.807, 2.05) is 50.3 Å². The molecule has 1 fully saturated rings. The number of halogens is 2. The second-order valence-electron chi connectivity index (χ2n) is 5.98. The van der Waals surface area contributed by atoms with Crippen molar-refractivity contribution in [1.82, 2.24) is 4.90 Å². The molecule has 146 valence electrons. The lowest BCUT2D eigenvalue weighted by Gasteiger charge is -2.12. The Labute approximate surface area is 179 Å². The third-order valence-corrected chi connectivity index (χ3v) is 5.73. The average Bonchev–Trinajstić information content (AvgIpc) is 2.97. The number of rotatable bonds is 6. The van der Waals surface area contributed by atoms with Crippen LogP contribution >= 0.6 is 35.0 Å². The standard InChI is InChI=1S/C21H20Cl2N2O2S/c1-3-24-21-25(4-2)20(26)19(28-21)11-14-7-5-6-8-18(14)27-13-15-9-10-16(22)12-17(15)23/h5-12H,3-4,13H2,1-2H3/b19-11+,24-21?. The van der Waals surface area contributed by atoms with Crippen molar-refractivity contribution >= 4 is 52.1 Å². The SMILES string of the molecule is CCN=C1S/C(=C/c2ccccc2OCc2ccc(Cl)cc2Cl)C(=O)N1CC. The van der Waals surface area contributed by atoms with Gasteiger partial charge in [-0.15, -0.1) is 0 Å². The quantitative estimate of drug-likeness (QED) is 0.532. The van der Waals surface area contributed by atoms with Crippen LogP contribution in [0.2, 0.25) is 10.0 Å². The van der Waals surface area contributed by atoms with Crippen LogP contribution in [0.3, 0.4) is 0 Å². The van der Waals surface area contributed by atoms with Crippen molar-refractivity contribution in [2.24, 2.45) is 4.99 Å². The fourth-order valence-corrected chi connectivity index (χ4v) is 4.27. The summed E-state index contributed by atoms with van der Waals surface area (Å²) in [5.74, 6) is 0.647. The first-order valence-corrected chi connectivity index (χ1v) is 10.5. The summed E-state index contributed by atoms with van der Waals surface area (Å²) in [6.07, 6.45) is 1.85. The van der Waals surface area contributed by atoms with Gasteiger partial charge in [-0.3, -0.25) is 14.7 Å². The van der Waals surface area contributed by atoms with Crippen LogP contribution in [0.15, 0.2) is 52.4 Å². The van der Waals surface area contributed by atoms with Crippen molar-refractivity contribution in [3.63, 3.8) is 0 Å². The van der Waals surface area contributed by atoms with E-state index in [-0.39, 0.29) is 5.91 Å². The van der Waals surface area contributed by atoms with Crippen LogP contribution in [0, 0.1) is 0 Å². The molecule has 0 saturated carbocycles. The predicted octanol–water partition coefficient (Wildman–Crippen LogP) is 5.88. The fraction of sp³-hybridized carbons (Fsp3) is 0.238. The zero-order valence-electron chi connectivity index (χ0n) is 15.6. The molecule has 2 aromatic rings. The zero-order valence-corrected chi connectivity index (χ0v) is 17.9. The molecule has 0 bridgehead atoms. The molecule has 1 aliphatic heterocycles. The van der Waals surface area contributed by atoms with Crippen LogP contribution in [-0.2, 0) is 11.4 Å². The van der Waals surface area contributed by atoms with Gasteiger partial charge in [0.2, 0.25) is 0 Å². The number of amides is 1. The molecule has 7 heteroatoms. The second kappa shape index (κ2) is 9.50. The summed E-state index contributed by atoms with van der Waals surface area (Å²) in [6, 6.07) is 12.9. The van der Waals surface area contributed by atoms with Crippen LogP contribution in [0.25, 0.3) is 6.08 Å². The molecule has 0 radical (unpaired) electrons. The van der Waals surface area contributed by atoms with Crippen molar-refractivity contribution in [3.8, 4) is 5.75 Å². The second-order valence-corrected chi connectivity index (χ2v) is 7.83. The van der Waals surface area contributed by atoms with E-state index in [1.165, 1.54) is 11.8 Å². The maximum atomic E-state index is 12.7. The minimum Gasteiger partial charge on any atom is -0.488 e. The minimum absolute atomic E-state index is 0.0322. The lowest BCUT2D eigenvalue weighted by atomic mass is 10.1. The number of hydrogen-bond donors (Lipinski definition) is 0. The number of likely N-dealkylation sites (N-methyl/N-ethyl adjacent to an activating group) is 1. The van der Waals surface area contributed by atoms with Crippen molar-refractivity contribution in [2.45, 2.75) is 20.5 Å². The Kier molecular flexibility index (Phi) is 7.05. The minimum atomic E-state index is -0.0322. The van der Waals surface area contributed by atoms with E-state index in [1.54, 1.807) is 17.0 Å². The largest absolute Gasteiger partial charge is 0.488 e. The summed E-state index contributed by atoms with van der Waals surface area (Å²) < 4.78 is 5.98. The van der Waals surface area contributed by atoms with Gasteiger partial charge >= 0.3 is 0 Å².